The number of carbonyl (C=O) groups excluding carboxylic acids is 3. The van der Waals surface area contributed by atoms with E-state index in [4.69, 9.17) is 5.73 Å². The summed E-state index contributed by atoms with van der Waals surface area (Å²) in [4.78, 5) is 49.4. The molecule has 0 aromatic rings. The van der Waals surface area contributed by atoms with Crippen molar-refractivity contribution in [1.82, 2.24) is 16.0 Å². The molecule has 6 unspecified atom stereocenters. The van der Waals surface area contributed by atoms with Crippen LogP contribution in [0.5, 0.6) is 0 Å². The molecule has 0 saturated carbocycles. The summed E-state index contributed by atoms with van der Waals surface area (Å²) in [6, 6.07) is -4.21. The number of thioether (sulfide) groups is 1. The van der Waals surface area contributed by atoms with Crippen LogP contribution in [0.15, 0.2) is 0 Å². The number of hydrogen-bond acceptors (Lipinski definition) is 7. The third-order valence-electron chi connectivity index (χ3n) is 5.10. The van der Waals surface area contributed by atoms with Crippen molar-refractivity contribution >= 4 is 35.5 Å². The van der Waals surface area contributed by atoms with Gasteiger partial charge in [0.25, 0.3) is 0 Å². The molecule has 0 aliphatic heterocycles. The maximum Gasteiger partial charge on any atom is 0.328 e. The zero-order valence-electron chi connectivity index (χ0n) is 19.2. The Bertz CT molecular complexity index is 616. The van der Waals surface area contributed by atoms with Crippen LogP contribution in [0.1, 0.15) is 47.5 Å². The van der Waals surface area contributed by atoms with Crippen LogP contribution in [-0.2, 0) is 19.2 Å². The highest BCUT2D eigenvalue weighted by Gasteiger charge is 2.33. The third-order valence-corrected chi connectivity index (χ3v) is 5.75. The van der Waals surface area contributed by atoms with Crippen LogP contribution in [0, 0.1) is 11.8 Å². The van der Waals surface area contributed by atoms with E-state index in [1.165, 1.54) is 18.7 Å². The molecule has 0 aromatic heterocycles. The van der Waals surface area contributed by atoms with Crippen molar-refractivity contribution in [3.63, 3.8) is 0 Å². The Kier molecular flexibility index (Phi) is 13.4. The van der Waals surface area contributed by atoms with E-state index in [9.17, 15) is 29.4 Å². The number of carboxylic acid groups (broad SMARTS) is 1. The number of rotatable bonds is 14. The van der Waals surface area contributed by atoms with Crippen LogP contribution in [-0.4, -0.2) is 76.2 Å². The Labute approximate surface area is 188 Å². The molecule has 6 atom stereocenters. The lowest BCUT2D eigenvalue weighted by Crippen LogP contribution is -2.59. The molecule has 0 saturated heterocycles. The molecule has 7 N–H and O–H groups in total. The molecule has 10 nitrogen and oxygen atoms in total. The fraction of sp³-hybridized carbons (Fsp3) is 0.800. The van der Waals surface area contributed by atoms with Crippen molar-refractivity contribution in [2.45, 2.75) is 77.7 Å². The van der Waals surface area contributed by atoms with Crippen LogP contribution in [0.3, 0.4) is 0 Å². The van der Waals surface area contributed by atoms with Crippen molar-refractivity contribution < 1.29 is 29.4 Å². The third kappa shape index (κ3) is 9.88. The lowest BCUT2D eigenvalue weighted by Gasteiger charge is -2.28. The van der Waals surface area contributed by atoms with Gasteiger partial charge in [-0.3, -0.25) is 14.4 Å². The Balaban J connectivity index is 5.51. The van der Waals surface area contributed by atoms with Crippen molar-refractivity contribution in [2.24, 2.45) is 17.6 Å². The first-order chi connectivity index (χ1) is 14.4. The molecule has 180 valence electrons. The fourth-order valence-electron chi connectivity index (χ4n) is 2.66. The summed E-state index contributed by atoms with van der Waals surface area (Å²) < 4.78 is 0. The summed E-state index contributed by atoms with van der Waals surface area (Å²) in [5.74, 6) is -2.92. The second-order valence-electron chi connectivity index (χ2n) is 8.05. The van der Waals surface area contributed by atoms with Crippen LogP contribution in [0.2, 0.25) is 0 Å². The highest BCUT2D eigenvalue weighted by atomic mass is 32.2. The number of aliphatic carboxylic acids is 1. The minimum Gasteiger partial charge on any atom is -0.480 e. The molecule has 0 radical (unpaired) electrons. The minimum absolute atomic E-state index is 0.117. The molecular weight excluding hydrogens is 424 g/mol. The van der Waals surface area contributed by atoms with Gasteiger partial charge in [0.15, 0.2) is 6.04 Å². The van der Waals surface area contributed by atoms with Gasteiger partial charge in [0, 0.05) is 0 Å². The zero-order chi connectivity index (χ0) is 24.3. The molecule has 0 aliphatic rings. The van der Waals surface area contributed by atoms with Gasteiger partial charge in [-0.2, -0.15) is 11.8 Å². The van der Waals surface area contributed by atoms with Crippen molar-refractivity contribution in [1.29, 1.82) is 0 Å². The molecule has 31 heavy (non-hydrogen) atoms. The molecule has 0 bridgehead atoms. The number of carboxylic acids is 1. The summed E-state index contributed by atoms with van der Waals surface area (Å²) in [6.07, 6.45) is 1.36. The molecule has 3 amide bonds. The van der Waals surface area contributed by atoms with E-state index in [2.05, 4.69) is 16.0 Å². The van der Waals surface area contributed by atoms with E-state index in [-0.39, 0.29) is 18.3 Å². The van der Waals surface area contributed by atoms with Crippen LogP contribution in [0.4, 0.5) is 0 Å². The highest BCUT2D eigenvalue weighted by Crippen LogP contribution is 2.11. The molecule has 0 aliphatic carbocycles. The van der Waals surface area contributed by atoms with Crippen molar-refractivity contribution in [3.05, 3.63) is 0 Å². The normalized spacial score (nSPS) is 17.1. The molecule has 0 fully saturated rings. The first-order valence-corrected chi connectivity index (χ1v) is 11.8. The predicted molar refractivity (Wildman–Crippen MR) is 120 cm³/mol. The number of carbonyl (C=O) groups is 4. The van der Waals surface area contributed by atoms with Gasteiger partial charge < -0.3 is 31.9 Å². The van der Waals surface area contributed by atoms with E-state index in [1.807, 2.05) is 13.2 Å². The molecule has 11 heteroatoms. The monoisotopic (exact) mass is 462 g/mol. The van der Waals surface area contributed by atoms with Gasteiger partial charge in [-0.1, -0.05) is 34.1 Å². The standard InChI is InChI=1S/C20H38N4O6S/c1-7-11(4)15(23-18(27)14(21)10(2)3)19(28)22-13(8-9-31-6)17(26)24-16(12(5)25)20(29)30/h10-16,25H,7-9,21H2,1-6H3,(H,22,28)(H,23,27)(H,24,26)(H,29,30). The number of amides is 3. The SMILES string of the molecule is CCC(C)C(NC(=O)C(N)C(C)C)C(=O)NC(CCSC)C(=O)NC(C(=O)O)C(C)O. The van der Waals surface area contributed by atoms with Gasteiger partial charge in [-0.15, -0.1) is 0 Å². The Hall–Kier alpha value is -1.85. The summed E-state index contributed by atoms with van der Waals surface area (Å²) in [5.41, 5.74) is 5.89. The lowest BCUT2D eigenvalue weighted by molar-refractivity contribution is -0.145. The second kappa shape index (κ2) is 14.3. The Morgan fingerprint density at radius 1 is 0.935 bits per heavy atom. The average Bonchev–Trinajstić information content (AvgIpc) is 2.70. The van der Waals surface area contributed by atoms with E-state index in [0.29, 0.717) is 12.2 Å². The molecule has 0 spiro atoms. The van der Waals surface area contributed by atoms with E-state index >= 15 is 0 Å². The van der Waals surface area contributed by atoms with E-state index < -0.39 is 54.0 Å². The molecule has 0 heterocycles. The lowest BCUT2D eigenvalue weighted by atomic mass is 9.96. The van der Waals surface area contributed by atoms with Crippen LogP contribution >= 0.6 is 11.8 Å². The predicted octanol–water partition coefficient (Wildman–Crippen LogP) is -0.311. The fourth-order valence-corrected chi connectivity index (χ4v) is 3.13. The largest absolute Gasteiger partial charge is 0.480 e. The summed E-state index contributed by atoms with van der Waals surface area (Å²) >= 11 is 1.46. The molecule has 0 rings (SSSR count). The Morgan fingerprint density at radius 3 is 1.90 bits per heavy atom. The summed E-state index contributed by atoms with van der Waals surface area (Å²) in [5, 5.41) is 26.4. The van der Waals surface area contributed by atoms with Crippen molar-refractivity contribution in [3.8, 4) is 0 Å². The maximum absolute atomic E-state index is 13.0. The number of hydrogen-bond donors (Lipinski definition) is 6. The summed E-state index contributed by atoms with van der Waals surface area (Å²) in [7, 11) is 0. The molecule has 0 aromatic carbocycles. The smallest absolute Gasteiger partial charge is 0.328 e. The van der Waals surface area contributed by atoms with Crippen LogP contribution < -0.4 is 21.7 Å². The van der Waals surface area contributed by atoms with Gasteiger partial charge in [0.1, 0.15) is 12.1 Å². The van der Waals surface area contributed by atoms with E-state index in [1.54, 1.807) is 20.8 Å². The maximum atomic E-state index is 13.0. The van der Waals surface area contributed by atoms with Gasteiger partial charge in [0.05, 0.1) is 12.1 Å². The number of aliphatic hydroxyl groups is 1. The topological polar surface area (TPSA) is 171 Å². The first-order valence-electron chi connectivity index (χ1n) is 10.4. The zero-order valence-corrected chi connectivity index (χ0v) is 20.0. The minimum atomic E-state index is -1.50. The van der Waals surface area contributed by atoms with Crippen LogP contribution in [0.25, 0.3) is 0 Å². The van der Waals surface area contributed by atoms with Gasteiger partial charge in [0.2, 0.25) is 17.7 Å². The number of nitrogens with one attached hydrogen (secondary N) is 3. The Morgan fingerprint density at radius 2 is 1.48 bits per heavy atom. The van der Waals surface area contributed by atoms with Gasteiger partial charge >= 0.3 is 5.97 Å². The number of aliphatic hydroxyl groups excluding tert-OH is 1. The van der Waals surface area contributed by atoms with E-state index in [0.717, 1.165) is 0 Å². The highest BCUT2D eigenvalue weighted by molar-refractivity contribution is 7.98. The molecular formula is C20H38N4O6S. The second-order valence-corrected chi connectivity index (χ2v) is 9.03. The first kappa shape index (κ1) is 29.1. The number of nitrogens with two attached hydrogens (primary N) is 1. The van der Waals surface area contributed by atoms with Crippen molar-refractivity contribution in [2.75, 3.05) is 12.0 Å². The average molecular weight is 463 g/mol. The van der Waals surface area contributed by atoms with Gasteiger partial charge in [-0.25, -0.2) is 4.79 Å². The summed E-state index contributed by atoms with van der Waals surface area (Å²) in [6.45, 7) is 8.52. The quantitative estimate of drug-likeness (QED) is 0.204. The van der Waals surface area contributed by atoms with Gasteiger partial charge in [-0.05, 0) is 37.2 Å².